The van der Waals surface area contributed by atoms with Crippen molar-refractivity contribution in [2.75, 3.05) is 58.9 Å². The van der Waals surface area contributed by atoms with Crippen LogP contribution < -0.4 is 25.7 Å². The van der Waals surface area contributed by atoms with E-state index in [1.807, 2.05) is 0 Å². The van der Waals surface area contributed by atoms with E-state index >= 15 is 0 Å². The molecule has 2 aliphatic rings. The molecule has 4 heterocycles. The Morgan fingerprint density at radius 1 is 1.19 bits per heavy atom. The third kappa shape index (κ3) is 6.19. The van der Waals surface area contributed by atoms with Crippen molar-refractivity contribution in [3.05, 3.63) is 51.4 Å². The molecule has 2 aromatic heterocycles. The lowest BCUT2D eigenvalue weighted by molar-refractivity contribution is -0.130. The Bertz CT molecular complexity index is 1510. The van der Waals surface area contributed by atoms with Gasteiger partial charge in [0.15, 0.2) is 0 Å². The SMILES string of the molecule is C=CC(=O)N1CC(NCCn2c(=O)c(-c3c(Cl)c(OC)cc(OC)c3Cl)cc3cnc(NCCC4CCOC4)nc32)C1. The number of carbonyl (C=O) groups excluding carboxylic acids is 1. The Labute approximate surface area is 253 Å². The standard InChI is InChI=1S/C29H34Cl2N6O5/c1-4-23(38)36-14-19(15-36)32-8-9-37-27-18(13-34-29(35-27)33-7-5-17-6-10-42-16-17)11-20(28(37)39)24-25(30)21(40-2)12-22(41-3)26(24)31/h4,11-13,17,19,32H,1,5-10,14-16H2,2-3H3,(H,33,34,35). The lowest BCUT2D eigenvalue weighted by Gasteiger charge is -2.39. The minimum Gasteiger partial charge on any atom is -0.495 e. The molecule has 1 aromatic carbocycles. The Balaban J connectivity index is 1.48. The average molecular weight is 618 g/mol. The van der Waals surface area contributed by atoms with Gasteiger partial charge in [-0.15, -0.1) is 0 Å². The monoisotopic (exact) mass is 616 g/mol. The lowest BCUT2D eigenvalue weighted by Crippen LogP contribution is -2.59. The first-order valence-corrected chi connectivity index (χ1v) is 14.6. The molecule has 1 unspecified atom stereocenters. The van der Waals surface area contributed by atoms with E-state index in [1.165, 1.54) is 20.3 Å². The highest BCUT2D eigenvalue weighted by Crippen LogP contribution is 2.45. The molecule has 0 spiro atoms. The topological polar surface area (TPSA) is 120 Å². The van der Waals surface area contributed by atoms with E-state index in [2.05, 4.69) is 22.2 Å². The van der Waals surface area contributed by atoms with Crippen molar-refractivity contribution in [1.82, 2.24) is 24.8 Å². The zero-order chi connectivity index (χ0) is 29.8. The Kier molecular flexibility index (Phi) is 9.52. The number of halogens is 2. The number of pyridine rings is 1. The number of likely N-dealkylation sites (tertiary alicyclic amines) is 1. The fourth-order valence-corrected chi connectivity index (χ4v) is 5.95. The van der Waals surface area contributed by atoms with Gasteiger partial charge >= 0.3 is 0 Å². The van der Waals surface area contributed by atoms with Crippen molar-refractivity contribution < 1.29 is 19.0 Å². The number of benzene rings is 1. The summed E-state index contributed by atoms with van der Waals surface area (Å²) in [5.41, 5.74) is 0.730. The number of anilines is 1. The smallest absolute Gasteiger partial charge is 0.260 e. The van der Waals surface area contributed by atoms with Gasteiger partial charge < -0.3 is 29.7 Å². The number of methoxy groups -OCH3 is 2. The van der Waals surface area contributed by atoms with Gasteiger partial charge in [-0.2, -0.15) is 4.98 Å². The molecule has 1 amide bonds. The zero-order valence-electron chi connectivity index (χ0n) is 23.6. The van der Waals surface area contributed by atoms with Crippen LogP contribution in [0, 0.1) is 5.92 Å². The van der Waals surface area contributed by atoms with Gasteiger partial charge in [0.2, 0.25) is 11.9 Å². The number of rotatable bonds is 12. The van der Waals surface area contributed by atoms with E-state index in [0.717, 1.165) is 26.1 Å². The van der Waals surface area contributed by atoms with E-state index in [4.69, 9.17) is 42.4 Å². The Morgan fingerprint density at radius 3 is 2.57 bits per heavy atom. The molecule has 2 fully saturated rings. The number of nitrogens with zero attached hydrogens (tertiary/aromatic N) is 4. The van der Waals surface area contributed by atoms with Crippen molar-refractivity contribution in [1.29, 1.82) is 0 Å². The van der Waals surface area contributed by atoms with Crippen molar-refractivity contribution in [3.8, 4) is 22.6 Å². The van der Waals surface area contributed by atoms with Crippen LogP contribution in [0.25, 0.3) is 22.2 Å². The van der Waals surface area contributed by atoms with Crippen molar-refractivity contribution in [2.24, 2.45) is 5.92 Å². The molecular formula is C29H34Cl2N6O5. The van der Waals surface area contributed by atoms with E-state index in [9.17, 15) is 9.59 Å². The molecule has 5 rings (SSSR count). The first-order chi connectivity index (χ1) is 20.3. The highest BCUT2D eigenvalue weighted by Gasteiger charge is 2.29. The van der Waals surface area contributed by atoms with Crippen LogP contribution in [0.5, 0.6) is 11.5 Å². The Morgan fingerprint density at radius 2 is 1.93 bits per heavy atom. The number of fused-ring (bicyclic) bond motifs is 1. The number of hydrogen-bond acceptors (Lipinski definition) is 9. The summed E-state index contributed by atoms with van der Waals surface area (Å²) in [6.45, 7) is 7.74. The zero-order valence-corrected chi connectivity index (χ0v) is 25.1. The van der Waals surface area contributed by atoms with Crippen LogP contribution in [0.2, 0.25) is 10.0 Å². The van der Waals surface area contributed by atoms with Crippen LogP contribution in [0.1, 0.15) is 12.8 Å². The predicted octanol–water partition coefficient (Wildman–Crippen LogP) is 3.61. The maximum absolute atomic E-state index is 14.1. The summed E-state index contributed by atoms with van der Waals surface area (Å²) in [7, 11) is 2.96. The molecule has 42 heavy (non-hydrogen) atoms. The molecule has 1 atom stereocenters. The molecule has 224 valence electrons. The molecule has 2 aliphatic heterocycles. The highest BCUT2D eigenvalue weighted by atomic mass is 35.5. The summed E-state index contributed by atoms with van der Waals surface area (Å²) in [6, 6.07) is 3.39. The molecule has 2 N–H and O–H groups in total. The second-order valence-corrected chi connectivity index (χ2v) is 11.1. The maximum atomic E-state index is 14.1. The molecule has 11 nitrogen and oxygen atoms in total. The van der Waals surface area contributed by atoms with Crippen molar-refractivity contribution in [3.63, 3.8) is 0 Å². The predicted molar refractivity (Wildman–Crippen MR) is 163 cm³/mol. The largest absolute Gasteiger partial charge is 0.495 e. The van der Waals surface area contributed by atoms with Gasteiger partial charge in [0.1, 0.15) is 17.1 Å². The molecule has 0 radical (unpaired) electrons. The van der Waals surface area contributed by atoms with Crippen LogP contribution >= 0.6 is 23.2 Å². The van der Waals surface area contributed by atoms with Crippen LogP contribution in [0.15, 0.2) is 35.8 Å². The summed E-state index contributed by atoms with van der Waals surface area (Å²) >= 11 is 13.4. The minimum atomic E-state index is -0.326. The van der Waals surface area contributed by atoms with Gasteiger partial charge in [-0.25, -0.2) is 4.98 Å². The van der Waals surface area contributed by atoms with Gasteiger partial charge in [0, 0.05) is 75.2 Å². The van der Waals surface area contributed by atoms with Crippen LogP contribution in [0.4, 0.5) is 5.95 Å². The number of carbonyl (C=O) groups is 1. The lowest BCUT2D eigenvalue weighted by atomic mass is 10.0. The third-order valence-electron chi connectivity index (χ3n) is 7.67. The normalized spacial score (nSPS) is 16.9. The molecule has 0 saturated carbocycles. The van der Waals surface area contributed by atoms with Crippen LogP contribution in [-0.4, -0.2) is 85.0 Å². The van der Waals surface area contributed by atoms with E-state index < -0.39 is 0 Å². The maximum Gasteiger partial charge on any atom is 0.260 e. The molecular weight excluding hydrogens is 583 g/mol. The van der Waals surface area contributed by atoms with E-state index in [-0.39, 0.29) is 33.1 Å². The first-order valence-electron chi connectivity index (χ1n) is 13.8. The molecule has 0 bridgehead atoms. The first kappa shape index (κ1) is 30.1. The summed E-state index contributed by atoms with van der Waals surface area (Å²) in [5.74, 6) is 1.51. The van der Waals surface area contributed by atoms with Gasteiger partial charge in [-0.1, -0.05) is 29.8 Å². The number of hydrogen-bond donors (Lipinski definition) is 2. The minimum absolute atomic E-state index is 0.0948. The van der Waals surface area contributed by atoms with Gasteiger partial charge in [0.25, 0.3) is 5.56 Å². The van der Waals surface area contributed by atoms with E-state index in [0.29, 0.717) is 72.7 Å². The summed E-state index contributed by atoms with van der Waals surface area (Å²) < 4.78 is 17.9. The average Bonchev–Trinajstić information content (AvgIpc) is 3.49. The quantitative estimate of drug-likeness (QED) is 0.294. The molecule has 3 aromatic rings. The van der Waals surface area contributed by atoms with Gasteiger partial charge in [0.05, 0.1) is 29.8 Å². The van der Waals surface area contributed by atoms with Crippen LogP contribution in [0.3, 0.4) is 0 Å². The van der Waals surface area contributed by atoms with E-state index in [1.54, 1.807) is 27.8 Å². The summed E-state index contributed by atoms with van der Waals surface area (Å²) in [5, 5.41) is 7.73. The number of amides is 1. The third-order valence-corrected chi connectivity index (χ3v) is 8.42. The highest BCUT2D eigenvalue weighted by molar-refractivity contribution is 6.41. The van der Waals surface area contributed by atoms with Gasteiger partial charge in [-0.05, 0) is 30.9 Å². The number of aromatic nitrogens is 3. The fraction of sp³-hybridized carbons (Fsp3) is 0.448. The fourth-order valence-electron chi connectivity index (χ4n) is 5.25. The Hall–Kier alpha value is -3.38. The summed E-state index contributed by atoms with van der Waals surface area (Å²) in [4.78, 5) is 36.8. The molecule has 0 aliphatic carbocycles. The second-order valence-electron chi connectivity index (χ2n) is 10.3. The van der Waals surface area contributed by atoms with Crippen molar-refractivity contribution in [2.45, 2.75) is 25.4 Å². The number of nitrogens with one attached hydrogen (secondary N) is 2. The van der Waals surface area contributed by atoms with Gasteiger partial charge in [-0.3, -0.25) is 14.2 Å². The summed E-state index contributed by atoms with van der Waals surface area (Å²) in [6.07, 6.45) is 4.99. The van der Waals surface area contributed by atoms with Crippen LogP contribution in [-0.2, 0) is 16.1 Å². The van der Waals surface area contributed by atoms with Crippen molar-refractivity contribution >= 4 is 46.1 Å². The molecule has 2 saturated heterocycles. The molecule has 13 heteroatoms. The second kappa shape index (κ2) is 13.3. The number of ether oxygens (including phenoxy) is 3.